The highest BCUT2D eigenvalue weighted by Gasteiger charge is 2.11. The number of Topliss-reactive ketones (excluding diaryl/α,β-unsaturated/α-hetero) is 1. The van der Waals surface area contributed by atoms with Crippen molar-refractivity contribution in [1.29, 1.82) is 0 Å². The van der Waals surface area contributed by atoms with Gasteiger partial charge in [-0.2, -0.15) is 0 Å². The van der Waals surface area contributed by atoms with Gasteiger partial charge >= 0.3 is 0 Å². The summed E-state index contributed by atoms with van der Waals surface area (Å²) >= 11 is 0. The molecule has 0 bridgehead atoms. The van der Waals surface area contributed by atoms with E-state index in [1.165, 1.54) is 0 Å². The molecule has 0 saturated heterocycles. The third-order valence-corrected chi connectivity index (χ3v) is 2.76. The zero-order valence-electron chi connectivity index (χ0n) is 11.4. The fourth-order valence-corrected chi connectivity index (χ4v) is 1.82. The molecule has 0 N–H and O–H groups in total. The summed E-state index contributed by atoms with van der Waals surface area (Å²) in [7, 11) is 4.81. The molecule has 1 aromatic rings. The number of carbonyl (C=O) groups is 1. The van der Waals surface area contributed by atoms with E-state index < -0.39 is 0 Å². The molecule has 0 aliphatic rings. The van der Waals surface area contributed by atoms with Gasteiger partial charge in [0, 0.05) is 12.5 Å². The van der Waals surface area contributed by atoms with Crippen LogP contribution in [0.5, 0.6) is 17.2 Å². The highest BCUT2D eigenvalue weighted by atomic mass is 16.5. The molecule has 1 aromatic carbocycles. The molecule has 0 amide bonds. The van der Waals surface area contributed by atoms with Gasteiger partial charge in [0.25, 0.3) is 0 Å². The highest BCUT2D eigenvalue weighted by Crippen LogP contribution is 2.35. The summed E-state index contributed by atoms with van der Waals surface area (Å²) in [4.78, 5) is 10.9. The normalized spacial score (nSPS) is 10.0. The third-order valence-electron chi connectivity index (χ3n) is 2.76. The second-order valence-electron chi connectivity index (χ2n) is 4.07. The summed E-state index contributed by atoms with van der Waals surface area (Å²) in [6, 6.07) is 3.71. The maximum atomic E-state index is 10.9. The second kappa shape index (κ2) is 6.89. The first-order valence-corrected chi connectivity index (χ1v) is 5.90. The summed E-state index contributed by atoms with van der Waals surface area (Å²) in [5, 5.41) is 0. The van der Waals surface area contributed by atoms with Gasteiger partial charge < -0.3 is 19.0 Å². The number of methoxy groups -OCH3 is 3. The molecule has 18 heavy (non-hydrogen) atoms. The number of benzene rings is 1. The van der Waals surface area contributed by atoms with Crippen LogP contribution in [0.4, 0.5) is 0 Å². The maximum Gasteiger partial charge on any atom is 0.164 e. The Hall–Kier alpha value is -1.71. The number of aryl methyl sites for hydroxylation is 1. The Kier molecular flexibility index (Phi) is 5.49. The quantitative estimate of drug-likeness (QED) is 0.748. The van der Waals surface area contributed by atoms with E-state index in [-0.39, 0.29) is 5.78 Å². The number of carbonyl (C=O) groups excluding carboxylic acids is 1. The Morgan fingerprint density at radius 1 is 1.00 bits per heavy atom. The largest absolute Gasteiger partial charge is 0.496 e. The van der Waals surface area contributed by atoms with Gasteiger partial charge in [-0.25, -0.2) is 0 Å². The molecule has 0 aliphatic carbocycles. The van der Waals surface area contributed by atoms with Crippen LogP contribution in [0.25, 0.3) is 0 Å². The summed E-state index contributed by atoms with van der Waals surface area (Å²) in [5.74, 6) is 2.28. The van der Waals surface area contributed by atoms with E-state index in [1.54, 1.807) is 28.3 Å². The van der Waals surface area contributed by atoms with Crippen molar-refractivity contribution in [2.45, 2.75) is 26.2 Å². The topological polar surface area (TPSA) is 44.8 Å². The molecular formula is C14H20O4. The van der Waals surface area contributed by atoms with E-state index in [0.29, 0.717) is 17.9 Å². The first kappa shape index (κ1) is 14.4. The van der Waals surface area contributed by atoms with Crippen LogP contribution in [-0.4, -0.2) is 27.1 Å². The molecule has 0 aliphatic heterocycles. The molecule has 0 fully saturated rings. The Labute approximate surface area is 108 Å². The van der Waals surface area contributed by atoms with Crippen molar-refractivity contribution >= 4 is 5.78 Å². The van der Waals surface area contributed by atoms with Crippen LogP contribution in [0.3, 0.4) is 0 Å². The van der Waals surface area contributed by atoms with Crippen LogP contribution in [0, 0.1) is 0 Å². The van der Waals surface area contributed by atoms with E-state index in [1.807, 2.05) is 12.1 Å². The molecule has 0 aromatic heterocycles. The molecule has 0 atom stereocenters. The van der Waals surface area contributed by atoms with Crippen molar-refractivity contribution in [1.82, 2.24) is 0 Å². The van der Waals surface area contributed by atoms with Crippen molar-refractivity contribution < 1.29 is 19.0 Å². The molecule has 0 unspecified atom stereocenters. The van der Waals surface area contributed by atoms with Gasteiger partial charge in [0.2, 0.25) is 0 Å². The molecule has 0 saturated carbocycles. The summed E-state index contributed by atoms with van der Waals surface area (Å²) in [6.45, 7) is 1.60. The van der Waals surface area contributed by atoms with Crippen molar-refractivity contribution in [3.8, 4) is 17.2 Å². The second-order valence-corrected chi connectivity index (χ2v) is 4.07. The lowest BCUT2D eigenvalue weighted by atomic mass is 10.0. The van der Waals surface area contributed by atoms with Crippen LogP contribution >= 0.6 is 0 Å². The average Bonchev–Trinajstić information content (AvgIpc) is 2.37. The summed E-state index contributed by atoms with van der Waals surface area (Å²) in [5.41, 5.74) is 1.02. The lowest BCUT2D eigenvalue weighted by Crippen LogP contribution is -1.98. The third kappa shape index (κ3) is 3.65. The van der Waals surface area contributed by atoms with E-state index in [9.17, 15) is 4.79 Å². The molecule has 0 radical (unpaired) electrons. The minimum Gasteiger partial charge on any atom is -0.496 e. The SMILES string of the molecule is COc1cc(OC)c(OC)cc1CCCC(C)=O. The molecular weight excluding hydrogens is 232 g/mol. The fraction of sp³-hybridized carbons (Fsp3) is 0.500. The molecule has 0 heterocycles. The van der Waals surface area contributed by atoms with Gasteiger partial charge in [-0.3, -0.25) is 0 Å². The molecule has 0 spiro atoms. The van der Waals surface area contributed by atoms with Gasteiger partial charge in [-0.15, -0.1) is 0 Å². The Morgan fingerprint density at radius 2 is 1.56 bits per heavy atom. The van der Waals surface area contributed by atoms with Gasteiger partial charge in [0.1, 0.15) is 11.5 Å². The number of rotatable bonds is 7. The van der Waals surface area contributed by atoms with Crippen LogP contribution in [-0.2, 0) is 11.2 Å². The average molecular weight is 252 g/mol. The highest BCUT2D eigenvalue weighted by molar-refractivity contribution is 5.75. The van der Waals surface area contributed by atoms with Gasteiger partial charge in [-0.1, -0.05) is 0 Å². The Balaban J connectivity index is 2.91. The van der Waals surface area contributed by atoms with E-state index >= 15 is 0 Å². The van der Waals surface area contributed by atoms with Crippen LogP contribution in [0.2, 0.25) is 0 Å². The first-order chi connectivity index (χ1) is 8.62. The standard InChI is InChI=1S/C14H20O4/c1-10(15)6-5-7-11-8-13(17-3)14(18-4)9-12(11)16-2/h8-9H,5-7H2,1-4H3. The summed E-state index contributed by atoms with van der Waals surface area (Å²) < 4.78 is 15.8. The van der Waals surface area contributed by atoms with E-state index in [4.69, 9.17) is 14.2 Å². The van der Waals surface area contributed by atoms with Crippen LogP contribution < -0.4 is 14.2 Å². The number of hydrogen-bond donors (Lipinski definition) is 0. The number of ether oxygens (including phenoxy) is 3. The fourth-order valence-electron chi connectivity index (χ4n) is 1.82. The predicted octanol–water partition coefficient (Wildman–Crippen LogP) is 2.62. The van der Waals surface area contributed by atoms with E-state index in [2.05, 4.69) is 0 Å². The van der Waals surface area contributed by atoms with E-state index in [0.717, 1.165) is 24.2 Å². The maximum absolute atomic E-state index is 10.9. The van der Waals surface area contributed by atoms with Gasteiger partial charge in [-0.05, 0) is 31.4 Å². The molecule has 1 rings (SSSR count). The van der Waals surface area contributed by atoms with Crippen LogP contribution in [0.1, 0.15) is 25.3 Å². The number of hydrogen-bond acceptors (Lipinski definition) is 4. The van der Waals surface area contributed by atoms with Gasteiger partial charge in [0.05, 0.1) is 21.3 Å². The molecule has 4 nitrogen and oxygen atoms in total. The summed E-state index contributed by atoms with van der Waals surface area (Å²) in [6.07, 6.45) is 2.17. The zero-order chi connectivity index (χ0) is 13.5. The molecule has 4 heteroatoms. The number of ketones is 1. The van der Waals surface area contributed by atoms with Crippen LogP contribution in [0.15, 0.2) is 12.1 Å². The minimum atomic E-state index is 0.203. The zero-order valence-corrected chi connectivity index (χ0v) is 11.4. The smallest absolute Gasteiger partial charge is 0.164 e. The molecule has 100 valence electrons. The monoisotopic (exact) mass is 252 g/mol. The lowest BCUT2D eigenvalue weighted by molar-refractivity contribution is -0.117. The predicted molar refractivity (Wildman–Crippen MR) is 69.7 cm³/mol. The lowest BCUT2D eigenvalue weighted by Gasteiger charge is -2.13. The van der Waals surface area contributed by atoms with Crippen molar-refractivity contribution in [2.24, 2.45) is 0 Å². The van der Waals surface area contributed by atoms with Crippen molar-refractivity contribution in [2.75, 3.05) is 21.3 Å². The Morgan fingerprint density at radius 3 is 2.06 bits per heavy atom. The van der Waals surface area contributed by atoms with Crippen molar-refractivity contribution in [3.05, 3.63) is 17.7 Å². The minimum absolute atomic E-state index is 0.203. The van der Waals surface area contributed by atoms with Gasteiger partial charge in [0.15, 0.2) is 11.5 Å². The first-order valence-electron chi connectivity index (χ1n) is 5.90. The van der Waals surface area contributed by atoms with Crippen molar-refractivity contribution in [3.63, 3.8) is 0 Å². The Bertz CT molecular complexity index is 413.